The van der Waals surface area contributed by atoms with Gasteiger partial charge in [0.2, 0.25) is 0 Å². The standard InChI is InChI=1S/C33H33F6NO4/c1-43-26-7-8-28(23-13-24(32(34,35)36)16-25(14-23)33(37,38)39)30(17-26)40-11-9-20(10-12-40)19-44-27-4-2-3-22(15-27)29(18-31(41)42)21-5-6-21/h2-4,7-8,13-17,20-21,29H,5-6,9-12,18-19H2,1H3,(H,41,42). The summed E-state index contributed by atoms with van der Waals surface area (Å²) in [5.41, 5.74) is -1.21. The first-order chi connectivity index (χ1) is 20.8. The van der Waals surface area contributed by atoms with Crippen molar-refractivity contribution in [1.29, 1.82) is 0 Å². The van der Waals surface area contributed by atoms with Gasteiger partial charge in [-0.05, 0) is 97.0 Å². The van der Waals surface area contributed by atoms with Gasteiger partial charge in [0.25, 0.3) is 0 Å². The van der Waals surface area contributed by atoms with Gasteiger partial charge in [0.1, 0.15) is 11.5 Å². The van der Waals surface area contributed by atoms with Crippen LogP contribution in [-0.2, 0) is 17.1 Å². The van der Waals surface area contributed by atoms with E-state index in [1.165, 1.54) is 19.2 Å². The van der Waals surface area contributed by atoms with Gasteiger partial charge in [0, 0.05) is 30.4 Å². The summed E-state index contributed by atoms with van der Waals surface area (Å²) in [6.07, 6.45) is -6.39. The first-order valence-corrected chi connectivity index (χ1v) is 14.5. The molecule has 1 atom stereocenters. The van der Waals surface area contributed by atoms with Crippen LogP contribution in [0.3, 0.4) is 0 Å². The molecule has 11 heteroatoms. The minimum absolute atomic E-state index is 0.0413. The third-order valence-electron chi connectivity index (χ3n) is 8.42. The number of nitrogens with zero attached hydrogens (tertiary/aromatic N) is 1. The van der Waals surface area contributed by atoms with Crippen molar-refractivity contribution in [3.05, 3.63) is 77.4 Å². The molecule has 5 nitrogen and oxygen atoms in total. The van der Waals surface area contributed by atoms with Gasteiger partial charge in [-0.1, -0.05) is 12.1 Å². The molecule has 236 valence electrons. The van der Waals surface area contributed by atoms with E-state index in [2.05, 4.69) is 0 Å². The highest BCUT2D eigenvalue weighted by atomic mass is 19.4. The van der Waals surface area contributed by atoms with Crippen molar-refractivity contribution >= 4 is 11.7 Å². The molecular weight excluding hydrogens is 588 g/mol. The lowest BCUT2D eigenvalue weighted by Gasteiger charge is -2.35. The van der Waals surface area contributed by atoms with Crippen molar-refractivity contribution in [2.24, 2.45) is 11.8 Å². The molecule has 1 saturated heterocycles. The van der Waals surface area contributed by atoms with Crippen molar-refractivity contribution in [3.8, 4) is 22.6 Å². The Labute approximate surface area is 251 Å². The van der Waals surface area contributed by atoms with Gasteiger partial charge < -0.3 is 19.5 Å². The monoisotopic (exact) mass is 621 g/mol. The molecule has 3 aromatic carbocycles. The fourth-order valence-corrected chi connectivity index (χ4v) is 5.89. The zero-order valence-electron chi connectivity index (χ0n) is 24.0. The number of halogens is 6. The number of carboxylic acids is 1. The molecule has 3 aromatic rings. The van der Waals surface area contributed by atoms with Gasteiger partial charge in [-0.25, -0.2) is 0 Å². The highest BCUT2D eigenvalue weighted by Crippen LogP contribution is 2.45. The predicted molar refractivity (Wildman–Crippen MR) is 153 cm³/mol. The summed E-state index contributed by atoms with van der Waals surface area (Å²) in [4.78, 5) is 13.3. The molecule has 44 heavy (non-hydrogen) atoms. The average Bonchev–Trinajstić information content (AvgIpc) is 3.83. The van der Waals surface area contributed by atoms with Gasteiger partial charge in [-0.15, -0.1) is 0 Å². The lowest BCUT2D eigenvalue weighted by atomic mass is 9.91. The number of hydrogen-bond donors (Lipinski definition) is 1. The molecule has 0 radical (unpaired) electrons. The highest BCUT2D eigenvalue weighted by molar-refractivity contribution is 5.81. The van der Waals surface area contributed by atoms with Crippen molar-refractivity contribution in [2.45, 2.75) is 50.4 Å². The zero-order valence-corrected chi connectivity index (χ0v) is 24.0. The Morgan fingerprint density at radius 3 is 2.11 bits per heavy atom. The van der Waals surface area contributed by atoms with Crippen LogP contribution in [0.1, 0.15) is 54.7 Å². The maximum Gasteiger partial charge on any atom is 0.416 e. The molecule has 1 unspecified atom stereocenters. The van der Waals surface area contributed by atoms with E-state index in [9.17, 15) is 36.2 Å². The predicted octanol–water partition coefficient (Wildman–Crippen LogP) is 8.66. The van der Waals surface area contributed by atoms with Gasteiger partial charge in [0.15, 0.2) is 0 Å². The van der Waals surface area contributed by atoms with Crippen LogP contribution in [0.4, 0.5) is 32.0 Å². The second-order valence-electron chi connectivity index (χ2n) is 11.5. The summed E-state index contributed by atoms with van der Waals surface area (Å²) >= 11 is 0. The summed E-state index contributed by atoms with van der Waals surface area (Å²) in [7, 11) is 1.44. The number of anilines is 1. The third-order valence-corrected chi connectivity index (χ3v) is 8.42. The van der Waals surface area contributed by atoms with Crippen molar-refractivity contribution < 1.29 is 45.7 Å². The SMILES string of the molecule is COc1ccc(-c2cc(C(F)(F)F)cc(C(F)(F)F)c2)c(N2CCC(COc3cccc(C(CC(=O)O)C4CC4)c3)CC2)c1. The fourth-order valence-electron chi connectivity index (χ4n) is 5.89. The number of piperidine rings is 1. The van der Waals surface area contributed by atoms with Gasteiger partial charge in [0.05, 0.1) is 31.3 Å². The fraction of sp³-hybridized carbons (Fsp3) is 0.424. The molecule has 2 fully saturated rings. The van der Waals surface area contributed by atoms with E-state index < -0.39 is 29.4 Å². The quantitative estimate of drug-likeness (QED) is 0.230. The van der Waals surface area contributed by atoms with E-state index in [0.717, 1.165) is 30.5 Å². The lowest BCUT2D eigenvalue weighted by Crippen LogP contribution is -2.35. The molecule has 1 saturated carbocycles. The Bertz CT molecular complexity index is 1440. The van der Waals surface area contributed by atoms with Crippen LogP contribution in [0.5, 0.6) is 11.5 Å². The summed E-state index contributed by atoms with van der Waals surface area (Å²) in [5.74, 6) is 0.787. The molecule has 5 rings (SSSR count). The largest absolute Gasteiger partial charge is 0.497 e. The molecule has 1 N–H and O–H groups in total. The number of carbonyl (C=O) groups is 1. The number of rotatable bonds is 10. The van der Waals surface area contributed by atoms with Crippen LogP contribution in [0.25, 0.3) is 11.1 Å². The van der Waals surface area contributed by atoms with Crippen molar-refractivity contribution in [1.82, 2.24) is 0 Å². The van der Waals surface area contributed by atoms with Gasteiger partial charge in [-0.2, -0.15) is 26.3 Å². The van der Waals surface area contributed by atoms with Crippen LogP contribution in [-0.4, -0.2) is 37.9 Å². The number of ether oxygens (including phenoxy) is 2. The van der Waals surface area contributed by atoms with E-state index in [1.807, 2.05) is 29.2 Å². The first-order valence-electron chi connectivity index (χ1n) is 14.5. The Hall–Kier alpha value is -3.89. The number of aliphatic carboxylic acids is 1. The molecule has 2 aliphatic rings. The second-order valence-corrected chi connectivity index (χ2v) is 11.5. The molecule has 1 aliphatic heterocycles. The Morgan fingerprint density at radius 2 is 1.55 bits per heavy atom. The summed E-state index contributed by atoms with van der Waals surface area (Å²) < 4.78 is 92.9. The topological polar surface area (TPSA) is 59.0 Å². The van der Waals surface area contributed by atoms with Crippen LogP contribution in [0.2, 0.25) is 0 Å². The molecular formula is C33H33F6NO4. The van der Waals surface area contributed by atoms with E-state index in [-0.39, 0.29) is 35.4 Å². The maximum atomic E-state index is 13.6. The first kappa shape index (κ1) is 31.5. The van der Waals surface area contributed by atoms with Crippen LogP contribution >= 0.6 is 0 Å². The highest BCUT2D eigenvalue weighted by Gasteiger charge is 2.38. The van der Waals surface area contributed by atoms with E-state index in [0.29, 0.717) is 55.6 Å². The van der Waals surface area contributed by atoms with Crippen LogP contribution in [0.15, 0.2) is 60.7 Å². The molecule has 1 heterocycles. The number of methoxy groups -OCH3 is 1. The van der Waals surface area contributed by atoms with Gasteiger partial charge in [-0.3, -0.25) is 4.79 Å². The number of alkyl halides is 6. The zero-order chi connectivity index (χ0) is 31.6. The minimum atomic E-state index is -4.95. The smallest absolute Gasteiger partial charge is 0.416 e. The lowest BCUT2D eigenvalue weighted by molar-refractivity contribution is -0.143. The minimum Gasteiger partial charge on any atom is -0.497 e. The Morgan fingerprint density at radius 1 is 0.886 bits per heavy atom. The third kappa shape index (κ3) is 7.60. The number of benzene rings is 3. The van der Waals surface area contributed by atoms with E-state index >= 15 is 0 Å². The molecule has 0 aromatic heterocycles. The Balaban J connectivity index is 1.31. The summed E-state index contributed by atoms with van der Waals surface area (Å²) in [6.45, 7) is 1.46. The van der Waals surface area contributed by atoms with E-state index in [4.69, 9.17) is 9.47 Å². The summed E-state index contributed by atoms with van der Waals surface area (Å²) in [5, 5.41) is 9.34. The van der Waals surface area contributed by atoms with Gasteiger partial charge >= 0.3 is 18.3 Å². The molecule has 0 spiro atoms. The van der Waals surface area contributed by atoms with Crippen LogP contribution in [0, 0.1) is 11.8 Å². The normalized spacial score (nSPS) is 16.9. The molecule has 0 amide bonds. The van der Waals surface area contributed by atoms with E-state index in [1.54, 1.807) is 6.07 Å². The summed E-state index contributed by atoms with van der Waals surface area (Å²) in [6, 6.07) is 13.8. The number of carboxylic acid groups (broad SMARTS) is 1. The van der Waals surface area contributed by atoms with Crippen molar-refractivity contribution in [2.75, 3.05) is 31.7 Å². The average molecular weight is 622 g/mol. The molecule has 0 bridgehead atoms. The van der Waals surface area contributed by atoms with Crippen molar-refractivity contribution in [3.63, 3.8) is 0 Å². The van der Waals surface area contributed by atoms with Crippen LogP contribution < -0.4 is 14.4 Å². The number of hydrogen-bond acceptors (Lipinski definition) is 4. The molecule has 1 aliphatic carbocycles. The Kier molecular flexibility index (Phi) is 9.04. The second kappa shape index (κ2) is 12.6. The maximum absolute atomic E-state index is 13.6.